The molecular formula is C20H28O6. The van der Waals surface area contributed by atoms with Crippen LogP contribution in [0.5, 0.6) is 0 Å². The fourth-order valence-electron chi connectivity index (χ4n) is 5.93. The van der Waals surface area contributed by atoms with Crippen LogP contribution in [0.3, 0.4) is 0 Å². The summed E-state index contributed by atoms with van der Waals surface area (Å²) in [4.78, 5) is 24.9. The maximum Gasteiger partial charge on any atom is 0.338 e. The van der Waals surface area contributed by atoms with E-state index in [0.717, 1.165) is 0 Å². The molecule has 8 unspecified atom stereocenters. The number of rotatable bonds is 2. The highest BCUT2D eigenvalue weighted by molar-refractivity contribution is 5.87. The number of hydrogen-bond donors (Lipinski definition) is 1. The number of carbonyl (C=O) groups excluding carboxylic acids is 2. The highest BCUT2D eigenvalue weighted by atomic mass is 16.6. The third-order valence-corrected chi connectivity index (χ3v) is 7.42. The molecule has 2 aliphatic heterocycles. The van der Waals surface area contributed by atoms with Crippen molar-refractivity contribution >= 4 is 11.9 Å². The van der Waals surface area contributed by atoms with Gasteiger partial charge < -0.3 is 19.3 Å². The Balaban J connectivity index is 1.75. The van der Waals surface area contributed by atoms with Crippen molar-refractivity contribution in [3.05, 3.63) is 11.6 Å². The van der Waals surface area contributed by atoms with Gasteiger partial charge in [-0.1, -0.05) is 13.0 Å². The summed E-state index contributed by atoms with van der Waals surface area (Å²) in [6.07, 6.45) is 2.65. The molecule has 8 atom stereocenters. The zero-order valence-corrected chi connectivity index (χ0v) is 16.1. The minimum absolute atomic E-state index is 0.0688. The predicted molar refractivity (Wildman–Crippen MR) is 92.0 cm³/mol. The normalized spacial score (nSPS) is 52.5. The number of carbonyl (C=O) groups is 2. The zero-order valence-electron chi connectivity index (χ0n) is 16.1. The molecule has 4 fully saturated rings. The Bertz CT molecular complexity index is 696. The van der Waals surface area contributed by atoms with Crippen LogP contribution in [-0.4, -0.2) is 46.1 Å². The van der Waals surface area contributed by atoms with Gasteiger partial charge in [0.2, 0.25) is 0 Å². The lowest BCUT2D eigenvalue weighted by Crippen LogP contribution is -2.55. The summed E-state index contributed by atoms with van der Waals surface area (Å²) in [5, 5.41) is 11.3. The first-order chi connectivity index (χ1) is 12.1. The molecule has 0 amide bonds. The molecular weight excluding hydrogens is 336 g/mol. The number of ether oxygens (including phenoxy) is 3. The Hall–Kier alpha value is -1.40. The summed E-state index contributed by atoms with van der Waals surface area (Å²) >= 11 is 0. The molecule has 26 heavy (non-hydrogen) atoms. The third kappa shape index (κ3) is 2.06. The smallest absolute Gasteiger partial charge is 0.338 e. The Morgan fingerprint density at radius 1 is 1.35 bits per heavy atom. The lowest BCUT2D eigenvalue weighted by atomic mass is 9.74. The standard InChI is InChI=1S/C20H28O6/c1-6-10(2)16(21)24-14-9-18(4,23)20-8-12-13(7-11(3)15(14)20)25-17(22)19(12,5)26-20/h6,11-15,23H,7-9H2,1-5H3. The Morgan fingerprint density at radius 3 is 2.69 bits per heavy atom. The molecule has 144 valence electrons. The van der Waals surface area contributed by atoms with Gasteiger partial charge in [0.1, 0.15) is 17.8 Å². The molecule has 1 spiro atoms. The van der Waals surface area contributed by atoms with Gasteiger partial charge in [-0.25, -0.2) is 9.59 Å². The van der Waals surface area contributed by atoms with Crippen LogP contribution in [0.2, 0.25) is 0 Å². The SMILES string of the molecule is CC=C(C)C(=O)OC1CC(C)(O)C23CC4C(CC(C)C12)OC(=O)C4(C)O3. The first-order valence-corrected chi connectivity index (χ1v) is 9.53. The molecule has 2 saturated heterocycles. The van der Waals surface area contributed by atoms with Crippen LogP contribution in [-0.2, 0) is 23.8 Å². The lowest BCUT2D eigenvalue weighted by molar-refractivity contribution is -0.209. The Kier molecular flexibility index (Phi) is 3.68. The molecule has 2 heterocycles. The fraction of sp³-hybridized carbons (Fsp3) is 0.800. The van der Waals surface area contributed by atoms with Crippen molar-refractivity contribution < 1.29 is 28.9 Å². The van der Waals surface area contributed by atoms with Crippen LogP contribution in [0.15, 0.2) is 11.6 Å². The average Bonchev–Trinajstić information content (AvgIpc) is 3.02. The predicted octanol–water partition coefficient (Wildman–Crippen LogP) is 2.13. The molecule has 0 aromatic heterocycles. The van der Waals surface area contributed by atoms with Gasteiger partial charge in [-0.05, 0) is 46.5 Å². The molecule has 4 rings (SSSR count). The largest absolute Gasteiger partial charge is 0.460 e. The summed E-state index contributed by atoms with van der Waals surface area (Å²) < 4.78 is 17.8. The van der Waals surface area contributed by atoms with Gasteiger partial charge in [0.05, 0.1) is 5.60 Å². The maximum atomic E-state index is 12.5. The minimum atomic E-state index is -1.18. The summed E-state index contributed by atoms with van der Waals surface area (Å²) in [5.41, 5.74) is -2.55. The van der Waals surface area contributed by atoms with Crippen molar-refractivity contribution in [2.45, 2.75) is 82.9 Å². The van der Waals surface area contributed by atoms with Gasteiger partial charge >= 0.3 is 11.9 Å². The van der Waals surface area contributed by atoms with E-state index in [9.17, 15) is 14.7 Å². The van der Waals surface area contributed by atoms with Gasteiger partial charge in [-0.2, -0.15) is 0 Å². The molecule has 0 aromatic rings. The minimum Gasteiger partial charge on any atom is -0.460 e. The van der Waals surface area contributed by atoms with Crippen LogP contribution < -0.4 is 0 Å². The van der Waals surface area contributed by atoms with Crippen molar-refractivity contribution in [2.75, 3.05) is 0 Å². The third-order valence-electron chi connectivity index (χ3n) is 7.42. The molecule has 0 radical (unpaired) electrons. The molecule has 6 nitrogen and oxygen atoms in total. The molecule has 2 aliphatic carbocycles. The number of hydrogen-bond acceptors (Lipinski definition) is 6. The molecule has 0 aromatic carbocycles. The molecule has 2 bridgehead atoms. The number of esters is 2. The van der Waals surface area contributed by atoms with Crippen LogP contribution >= 0.6 is 0 Å². The van der Waals surface area contributed by atoms with E-state index < -0.39 is 22.9 Å². The van der Waals surface area contributed by atoms with Crippen molar-refractivity contribution in [2.24, 2.45) is 17.8 Å². The average molecular weight is 364 g/mol. The fourth-order valence-corrected chi connectivity index (χ4v) is 5.93. The molecule has 2 saturated carbocycles. The summed E-state index contributed by atoms with van der Waals surface area (Å²) in [6.45, 7) is 9.12. The van der Waals surface area contributed by atoms with Crippen LogP contribution in [0.25, 0.3) is 0 Å². The lowest BCUT2D eigenvalue weighted by Gasteiger charge is -2.43. The van der Waals surface area contributed by atoms with E-state index in [0.29, 0.717) is 24.8 Å². The quantitative estimate of drug-likeness (QED) is 0.597. The van der Waals surface area contributed by atoms with Gasteiger partial charge in [0.15, 0.2) is 5.60 Å². The van der Waals surface area contributed by atoms with E-state index in [1.165, 1.54) is 0 Å². The van der Waals surface area contributed by atoms with E-state index >= 15 is 0 Å². The van der Waals surface area contributed by atoms with E-state index in [1.54, 1.807) is 33.8 Å². The molecule has 6 heteroatoms. The highest BCUT2D eigenvalue weighted by Gasteiger charge is 2.77. The van der Waals surface area contributed by atoms with Crippen molar-refractivity contribution in [3.8, 4) is 0 Å². The van der Waals surface area contributed by atoms with Crippen molar-refractivity contribution in [3.63, 3.8) is 0 Å². The maximum absolute atomic E-state index is 12.5. The summed E-state index contributed by atoms with van der Waals surface area (Å²) in [7, 11) is 0. The van der Waals surface area contributed by atoms with E-state index in [2.05, 4.69) is 6.92 Å². The first-order valence-electron chi connectivity index (χ1n) is 9.53. The zero-order chi connectivity index (χ0) is 19.1. The summed E-state index contributed by atoms with van der Waals surface area (Å²) in [5.74, 6) is -0.843. The monoisotopic (exact) mass is 364 g/mol. The second kappa shape index (κ2) is 5.32. The summed E-state index contributed by atoms with van der Waals surface area (Å²) in [6, 6.07) is 0. The van der Waals surface area contributed by atoms with Gasteiger partial charge in [-0.15, -0.1) is 0 Å². The van der Waals surface area contributed by atoms with Crippen molar-refractivity contribution in [1.82, 2.24) is 0 Å². The highest BCUT2D eigenvalue weighted by Crippen LogP contribution is 2.65. The number of aliphatic hydroxyl groups is 1. The van der Waals surface area contributed by atoms with Gasteiger partial charge in [-0.3, -0.25) is 0 Å². The van der Waals surface area contributed by atoms with Gasteiger partial charge in [0.25, 0.3) is 0 Å². The van der Waals surface area contributed by atoms with Crippen molar-refractivity contribution in [1.29, 1.82) is 0 Å². The van der Waals surface area contributed by atoms with Crippen LogP contribution in [0.1, 0.15) is 53.9 Å². The second-order valence-electron chi connectivity index (χ2n) is 8.99. The van der Waals surface area contributed by atoms with E-state index in [4.69, 9.17) is 14.2 Å². The van der Waals surface area contributed by atoms with E-state index in [-0.39, 0.29) is 35.8 Å². The van der Waals surface area contributed by atoms with Gasteiger partial charge in [0, 0.05) is 23.8 Å². The van der Waals surface area contributed by atoms with Crippen LogP contribution in [0, 0.1) is 17.8 Å². The Morgan fingerprint density at radius 2 is 2.04 bits per heavy atom. The number of allylic oxidation sites excluding steroid dienone is 1. The molecule has 4 aliphatic rings. The topological polar surface area (TPSA) is 82.1 Å². The van der Waals surface area contributed by atoms with E-state index in [1.807, 2.05) is 0 Å². The Labute approximate surface area is 153 Å². The van der Waals surface area contributed by atoms with Crippen LogP contribution in [0.4, 0.5) is 0 Å². The molecule has 1 N–H and O–H groups in total. The second-order valence-corrected chi connectivity index (χ2v) is 8.99. The first kappa shape index (κ1) is 18.0.